The van der Waals surface area contributed by atoms with Crippen molar-refractivity contribution in [3.8, 4) is 0 Å². The van der Waals surface area contributed by atoms with Crippen molar-refractivity contribution in [3.05, 3.63) is 35.3 Å². The molecule has 0 unspecified atom stereocenters. The molecule has 1 aliphatic heterocycles. The molecule has 2 heterocycles. The van der Waals surface area contributed by atoms with Crippen LogP contribution >= 0.6 is 0 Å². The molecule has 1 fully saturated rings. The average molecular weight is 316 g/mol. The van der Waals surface area contributed by atoms with E-state index in [1.54, 1.807) is 6.07 Å². The molecule has 4 nitrogen and oxygen atoms in total. The van der Waals surface area contributed by atoms with Gasteiger partial charge in [-0.15, -0.1) is 0 Å². The molecule has 1 saturated heterocycles. The van der Waals surface area contributed by atoms with E-state index in [0.717, 1.165) is 31.6 Å². The Hall–Kier alpha value is -2.17. The van der Waals surface area contributed by atoms with Gasteiger partial charge >= 0.3 is 5.97 Å². The number of piperidine rings is 1. The average Bonchev–Trinajstić information content (AvgIpc) is 2.49. The molecule has 0 radical (unpaired) electrons. The summed E-state index contributed by atoms with van der Waals surface area (Å²) in [5.74, 6) is -0.548. The number of benzene rings is 1. The Morgan fingerprint density at radius 1 is 1.39 bits per heavy atom. The first-order valence-electron chi connectivity index (χ1n) is 8.01. The summed E-state index contributed by atoms with van der Waals surface area (Å²) in [6.45, 7) is 5.79. The van der Waals surface area contributed by atoms with Crippen molar-refractivity contribution in [2.75, 3.05) is 18.0 Å². The summed E-state index contributed by atoms with van der Waals surface area (Å²) in [6.07, 6.45) is 2.03. The Balaban J connectivity index is 2.20. The Kier molecular flexibility index (Phi) is 4.20. The lowest BCUT2D eigenvalue weighted by Crippen LogP contribution is -2.34. The fourth-order valence-electron chi connectivity index (χ4n) is 3.33. The number of aryl methyl sites for hydroxylation is 1. The number of fused-ring (bicyclic) bond motifs is 1. The quantitative estimate of drug-likeness (QED) is 0.941. The van der Waals surface area contributed by atoms with Crippen LogP contribution in [0.25, 0.3) is 10.9 Å². The normalized spacial score (nSPS) is 16.0. The number of anilines is 1. The van der Waals surface area contributed by atoms with E-state index in [2.05, 4.69) is 16.8 Å². The van der Waals surface area contributed by atoms with Crippen LogP contribution in [0.4, 0.5) is 10.1 Å². The predicted octanol–water partition coefficient (Wildman–Crippen LogP) is 3.55. The Morgan fingerprint density at radius 2 is 2.09 bits per heavy atom. The Labute approximate surface area is 134 Å². The standard InChI is InChI=1S/C18H21FN2O2/c1-11-5-7-21(8-6-11)18-14(10-17(22)23)12(2)20-16-4-3-13(19)9-15(16)18/h3-4,9,11H,5-8,10H2,1-2H3,(H,22,23). The predicted molar refractivity (Wildman–Crippen MR) is 88.4 cm³/mol. The number of aromatic nitrogens is 1. The second kappa shape index (κ2) is 6.14. The van der Waals surface area contributed by atoms with E-state index in [1.165, 1.54) is 12.1 Å². The first-order valence-corrected chi connectivity index (χ1v) is 8.01. The Bertz CT molecular complexity index is 752. The summed E-state index contributed by atoms with van der Waals surface area (Å²) in [7, 11) is 0. The molecule has 1 aromatic carbocycles. The highest BCUT2D eigenvalue weighted by molar-refractivity contribution is 5.95. The number of carbonyl (C=O) groups is 1. The minimum Gasteiger partial charge on any atom is -0.481 e. The van der Waals surface area contributed by atoms with Gasteiger partial charge in [0, 0.05) is 29.7 Å². The maximum atomic E-state index is 13.8. The summed E-state index contributed by atoms with van der Waals surface area (Å²) < 4.78 is 13.8. The highest BCUT2D eigenvalue weighted by atomic mass is 19.1. The van der Waals surface area contributed by atoms with Gasteiger partial charge in [0.2, 0.25) is 0 Å². The van der Waals surface area contributed by atoms with Crippen LogP contribution in [0.3, 0.4) is 0 Å². The zero-order valence-electron chi connectivity index (χ0n) is 13.5. The van der Waals surface area contributed by atoms with Crippen LogP contribution in [-0.4, -0.2) is 29.1 Å². The van der Waals surface area contributed by atoms with E-state index >= 15 is 0 Å². The first-order chi connectivity index (χ1) is 11.0. The lowest BCUT2D eigenvalue weighted by molar-refractivity contribution is -0.136. The molecular formula is C18H21FN2O2. The van der Waals surface area contributed by atoms with Gasteiger partial charge in [-0.2, -0.15) is 0 Å². The summed E-state index contributed by atoms with van der Waals surface area (Å²) in [6, 6.07) is 4.53. The highest BCUT2D eigenvalue weighted by Gasteiger charge is 2.23. The smallest absolute Gasteiger partial charge is 0.307 e. The van der Waals surface area contributed by atoms with E-state index in [1.807, 2.05) is 6.92 Å². The second-order valence-corrected chi connectivity index (χ2v) is 6.43. The number of pyridine rings is 1. The molecular weight excluding hydrogens is 295 g/mol. The SMILES string of the molecule is Cc1nc2ccc(F)cc2c(N2CCC(C)CC2)c1CC(=O)O. The molecule has 0 spiro atoms. The molecule has 1 aromatic heterocycles. The van der Waals surface area contributed by atoms with Crippen LogP contribution in [0.1, 0.15) is 31.0 Å². The van der Waals surface area contributed by atoms with Crippen LogP contribution in [0.5, 0.6) is 0 Å². The van der Waals surface area contributed by atoms with Crippen LogP contribution in [0.15, 0.2) is 18.2 Å². The number of nitrogens with zero attached hydrogens (tertiary/aromatic N) is 2. The molecule has 0 aliphatic carbocycles. The summed E-state index contributed by atoms with van der Waals surface area (Å²) >= 11 is 0. The van der Waals surface area contributed by atoms with Crippen molar-refractivity contribution in [2.24, 2.45) is 5.92 Å². The van der Waals surface area contributed by atoms with Crippen molar-refractivity contribution in [3.63, 3.8) is 0 Å². The molecule has 2 aromatic rings. The van der Waals surface area contributed by atoms with E-state index in [-0.39, 0.29) is 12.2 Å². The van der Waals surface area contributed by atoms with Gasteiger partial charge in [0.15, 0.2) is 0 Å². The maximum absolute atomic E-state index is 13.8. The fourth-order valence-corrected chi connectivity index (χ4v) is 3.33. The van der Waals surface area contributed by atoms with Gasteiger partial charge in [0.25, 0.3) is 0 Å². The van der Waals surface area contributed by atoms with Gasteiger partial charge in [-0.1, -0.05) is 6.92 Å². The van der Waals surface area contributed by atoms with Gasteiger partial charge < -0.3 is 10.0 Å². The third-order valence-electron chi connectivity index (χ3n) is 4.65. The molecule has 0 atom stereocenters. The maximum Gasteiger partial charge on any atom is 0.307 e. The van der Waals surface area contributed by atoms with Crippen LogP contribution < -0.4 is 4.90 Å². The van der Waals surface area contributed by atoms with Crippen molar-refractivity contribution < 1.29 is 14.3 Å². The van der Waals surface area contributed by atoms with E-state index < -0.39 is 5.97 Å². The summed E-state index contributed by atoms with van der Waals surface area (Å²) in [5.41, 5.74) is 2.97. The van der Waals surface area contributed by atoms with Gasteiger partial charge in [-0.3, -0.25) is 9.78 Å². The molecule has 0 amide bonds. The minimum absolute atomic E-state index is 0.0906. The van der Waals surface area contributed by atoms with Gasteiger partial charge in [0.05, 0.1) is 17.6 Å². The largest absolute Gasteiger partial charge is 0.481 e. The third-order valence-corrected chi connectivity index (χ3v) is 4.65. The lowest BCUT2D eigenvalue weighted by Gasteiger charge is -2.34. The van der Waals surface area contributed by atoms with Crippen molar-refractivity contribution >= 4 is 22.6 Å². The number of halogens is 1. The van der Waals surface area contributed by atoms with Gasteiger partial charge in [-0.05, 0) is 43.9 Å². The number of rotatable bonds is 3. The van der Waals surface area contributed by atoms with E-state index in [4.69, 9.17) is 0 Å². The van der Waals surface area contributed by atoms with Gasteiger partial charge in [-0.25, -0.2) is 4.39 Å². The third kappa shape index (κ3) is 3.14. The minimum atomic E-state index is -0.891. The van der Waals surface area contributed by atoms with Crippen LogP contribution in [-0.2, 0) is 11.2 Å². The van der Waals surface area contributed by atoms with Crippen LogP contribution in [0, 0.1) is 18.7 Å². The number of hydrogen-bond donors (Lipinski definition) is 1. The Morgan fingerprint density at radius 3 is 2.74 bits per heavy atom. The molecule has 3 rings (SSSR count). The van der Waals surface area contributed by atoms with Crippen molar-refractivity contribution in [1.82, 2.24) is 4.98 Å². The molecule has 0 bridgehead atoms. The van der Waals surface area contributed by atoms with Crippen molar-refractivity contribution in [2.45, 2.75) is 33.1 Å². The van der Waals surface area contributed by atoms with Crippen LogP contribution in [0.2, 0.25) is 0 Å². The van der Waals surface area contributed by atoms with Gasteiger partial charge in [0.1, 0.15) is 5.82 Å². The monoisotopic (exact) mass is 316 g/mol. The number of aliphatic carboxylic acids is 1. The second-order valence-electron chi connectivity index (χ2n) is 6.43. The zero-order chi connectivity index (χ0) is 16.6. The number of hydrogen-bond acceptors (Lipinski definition) is 3. The molecule has 0 saturated carbocycles. The molecule has 5 heteroatoms. The first kappa shape index (κ1) is 15.7. The number of carboxylic acids is 1. The highest BCUT2D eigenvalue weighted by Crippen LogP contribution is 2.35. The fraction of sp³-hybridized carbons (Fsp3) is 0.444. The lowest BCUT2D eigenvalue weighted by atomic mass is 9.96. The summed E-state index contributed by atoms with van der Waals surface area (Å²) in [5, 5.41) is 9.97. The number of carboxylic acid groups (broad SMARTS) is 1. The zero-order valence-corrected chi connectivity index (χ0v) is 13.5. The molecule has 1 N–H and O–H groups in total. The summed E-state index contributed by atoms with van der Waals surface area (Å²) in [4.78, 5) is 18.0. The molecule has 1 aliphatic rings. The molecule has 23 heavy (non-hydrogen) atoms. The topological polar surface area (TPSA) is 53.4 Å². The van der Waals surface area contributed by atoms with E-state index in [0.29, 0.717) is 28.1 Å². The molecule has 122 valence electrons. The van der Waals surface area contributed by atoms with E-state index in [9.17, 15) is 14.3 Å². The van der Waals surface area contributed by atoms with Crippen molar-refractivity contribution in [1.29, 1.82) is 0 Å².